The predicted octanol–water partition coefficient (Wildman–Crippen LogP) is 2.56. The van der Waals surface area contributed by atoms with Crippen LogP contribution in [0.2, 0.25) is 0 Å². The van der Waals surface area contributed by atoms with Crippen LogP contribution in [0.1, 0.15) is 12.5 Å². The molecule has 2 aromatic rings. The molecule has 0 amide bonds. The Kier molecular flexibility index (Phi) is 4.94. The number of rotatable bonds is 6. The zero-order valence-corrected chi connectivity index (χ0v) is 12.6. The van der Waals surface area contributed by atoms with E-state index in [0.29, 0.717) is 23.9 Å². The lowest BCUT2D eigenvalue weighted by Gasteiger charge is -2.17. The number of nitrogens with one attached hydrogen (secondary N) is 2. The number of hydrogen-bond donors (Lipinski definition) is 3. The molecule has 0 aliphatic rings. The van der Waals surface area contributed by atoms with Gasteiger partial charge in [-0.25, -0.2) is 9.97 Å². The zero-order valence-electron chi connectivity index (χ0n) is 12.6. The monoisotopic (exact) mass is 287 g/mol. The molecule has 1 unspecified atom stereocenters. The van der Waals surface area contributed by atoms with Gasteiger partial charge in [0.1, 0.15) is 12.0 Å². The number of methoxy groups -OCH3 is 1. The van der Waals surface area contributed by atoms with Crippen molar-refractivity contribution < 1.29 is 4.74 Å². The number of hydrogen-bond acceptors (Lipinski definition) is 6. The first-order chi connectivity index (χ1) is 10.1. The van der Waals surface area contributed by atoms with Crippen molar-refractivity contribution in [2.24, 2.45) is 0 Å². The van der Waals surface area contributed by atoms with Crippen LogP contribution < -0.4 is 16.4 Å². The number of nitrogens with two attached hydrogens (primary N) is 1. The molecule has 0 radical (unpaired) electrons. The molecule has 0 saturated heterocycles. The SMILES string of the molecule is COCC(C)Nc1ncnc(Nc2ccccc2C)c1N. The van der Waals surface area contributed by atoms with Gasteiger partial charge in [0.15, 0.2) is 11.6 Å². The van der Waals surface area contributed by atoms with Crippen LogP contribution in [0.3, 0.4) is 0 Å². The van der Waals surface area contributed by atoms with Gasteiger partial charge in [0, 0.05) is 18.8 Å². The highest BCUT2D eigenvalue weighted by Crippen LogP contribution is 2.27. The largest absolute Gasteiger partial charge is 0.393 e. The van der Waals surface area contributed by atoms with E-state index in [0.717, 1.165) is 11.3 Å². The molecule has 0 bridgehead atoms. The smallest absolute Gasteiger partial charge is 0.159 e. The molecule has 0 saturated carbocycles. The van der Waals surface area contributed by atoms with Gasteiger partial charge in [-0.2, -0.15) is 0 Å². The maximum absolute atomic E-state index is 6.13. The van der Waals surface area contributed by atoms with Gasteiger partial charge in [-0.1, -0.05) is 18.2 Å². The number of para-hydroxylation sites is 1. The Bertz CT molecular complexity index is 602. The first-order valence-corrected chi connectivity index (χ1v) is 6.80. The molecular weight excluding hydrogens is 266 g/mol. The Morgan fingerprint density at radius 3 is 2.67 bits per heavy atom. The molecule has 112 valence electrons. The molecule has 1 aromatic carbocycles. The van der Waals surface area contributed by atoms with Crippen molar-refractivity contribution in [2.75, 3.05) is 30.1 Å². The summed E-state index contributed by atoms with van der Waals surface area (Å²) in [4.78, 5) is 8.39. The van der Waals surface area contributed by atoms with Crippen LogP contribution in [0.4, 0.5) is 23.0 Å². The lowest BCUT2D eigenvalue weighted by molar-refractivity contribution is 0.190. The third kappa shape index (κ3) is 3.82. The number of aromatic nitrogens is 2. The van der Waals surface area contributed by atoms with Crippen LogP contribution in [0.15, 0.2) is 30.6 Å². The third-order valence-electron chi connectivity index (χ3n) is 3.08. The molecule has 2 rings (SSSR count). The van der Waals surface area contributed by atoms with Crippen LogP contribution in [-0.4, -0.2) is 29.7 Å². The van der Waals surface area contributed by atoms with Crippen molar-refractivity contribution in [1.29, 1.82) is 0 Å². The second kappa shape index (κ2) is 6.90. The number of nitrogens with zero attached hydrogens (tertiary/aromatic N) is 2. The van der Waals surface area contributed by atoms with E-state index in [1.54, 1.807) is 7.11 Å². The number of anilines is 4. The summed E-state index contributed by atoms with van der Waals surface area (Å²) < 4.78 is 5.09. The predicted molar refractivity (Wildman–Crippen MR) is 85.9 cm³/mol. The highest BCUT2D eigenvalue weighted by atomic mass is 16.5. The summed E-state index contributed by atoms with van der Waals surface area (Å²) in [5.74, 6) is 1.19. The van der Waals surface area contributed by atoms with E-state index in [4.69, 9.17) is 10.5 Å². The molecule has 6 heteroatoms. The average molecular weight is 287 g/mol. The molecule has 1 aromatic heterocycles. The van der Waals surface area contributed by atoms with Gasteiger partial charge in [-0.05, 0) is 25.5 Å². The number of nitrogen functional groups attached to an aromatic ring is 1. The summed E-state index contributed by atoms with van der Waals surface area (Å²) >= 11 is 0. The van der Waals surface area contributed by atoms with Crippen molar-refractivity contribution in [3.05, 3.63) is 36.2 Å². The quantitative estimate of drug-likeness (QED) is 0.757. The minimum atomic E-state index is 0.110. The van der Waals surface area contributed by atoms with Crippen LogP contribution in [0.25, 0.3) is 0 Å². The summed E-state index contributed by atoms with van der Waals surface area (Å²) in [7, 11) is 1.66. The van der Waals surface area contributed by atoms with E-state index < -0.39 is 0 Å². The van der Waals surface area contributed by atoms with E-state index in [-0.39, 0.29) is 6.04 Å². The minimum Gasteiger partial charge on any atom is -0.393 e. The fraction of sp³-hybridized carbons (Fsp3) is 0.333. The second-order valence-electron chi connectivity index (χ2n) is 4.93. The van der Waals surface area contributed by atoms with E-state index in [2.05, 4.69) is 20.6 Å². The first-order valence-electron chi connectivity index (χ1n) is 6.80. The lowest BCUT2D eigenvalue weighted by Crippen LogP contribution is -2.22. The molecule has 21 heavy (non-hydrogen) atoms. The second-order valence-corrected chi connectivity index (χ2v) is 4.93. The Morgan fingerprint density at radius 2 is 1.95 bits per heavy atom. The Labute approximate surface area is 124 Å². The summed E-state index contributed by atoms with van der Waals surface area (Å²) in [6, 6.07) is 8.07. The molecule has 1 atom stereocenters. The highest BCUT2D eigenvalue weighted by molar-refractivity contribution is 5.78. The Balaban J connectivity index is 2.20. The minimum absolute atomic E-state index is 0.110. The summed E-state index contributed by atoms with van der Waals surface area (Å²) in [5, 5.41) is 6.45. The van der Waals surface area contributed by atoms with Gasteiger partial charge < -0.3 is 21.1 Å². The maximum atomic E-state index is 6.13. The summed E-state index contributed by atoms with van der Waals surface area (Å²) in [5.41, 5.74) is 8.72. The van der Waals surface area contributed by atoms with Crippen LogP contribution in [-0.2, 0) is 4.74 Å². The topological polar surface area (TPSA) is 85.1 Å². The Morgan fingerprint density at radius 1 is 1.24 bits per heavy atom. The fourth-order valence-corrected chi connectivity index (χ4v) is 1.98. The normalized spacial score (nSPS) is 12.0. The Hall–Kier alpha value is -2.34. The molecule has 1 heterocycles. The number of benzene rings is 1. The molecule has 0 aliphatic heterocycles. The molecule has 0 aliphatic carbocycles. The highest BCUT2D eigenvalue weighted by Gasteiger charge is 2.11. The van der Waals surface area contributed by atoms with Crippen molar-refractivity contribution in [2.45, 2.75) is 19.9 Å². The van der Waals surface area contributed by atoms with Gasteiger partial charge in [0.25, 0.3) is 0 Å². The van der Waals surface area contributed by atoms with Gasteiger partial charge >= 0.3 is 0 Å². The standard InChI is InChI=1S/C15H21N5O/c1-10-6-4-5-7-12(10)20-15-13(16)14(17-9-18-15)19-11(2)8-21-3/h4-7,9,11H,8,16H2,1-3H3,(H2,17,18,19,20). The third-order valence-corrected chi connectivity index (χ3v) is 3.08. The van der Waals surface area contributed by atoms with Crippen molar-refractivity contribution >= 4 is 23.0 Å². The lowest BCUT2D eigenvalue weighted by atomic mass is 10.2. The molecule has 6 nitrogen and oxygen atoms in total. The molecule has 0 fully saturated rings. The molecular formula is C15H21N5O. The van der Waals surface area contributed by atoms with Gasteiger partial charge in [-0.15, -0.1) is 0 Å². The number of ether oxygens (including phenoxy) is 1. The summed E-state index contributed by atoms with van der Waals surface area (Å²) in [6.45, 7) is 4.60. The van der Waals surface area contributed by atoms with Gasteiger partial charge in [0.2, 0.25) is 0 Å². The fourth-order valence-electron chi connectivity index (χ4n) is 1.98. The first kappa shape index (κ1) is 15.1. The van der Waals surface area contributed by atoms with Crippen LogP contribution in [0, 0.1) is 6.92 Å². The van der Waals surface area contributed by atoms with E-state index >= 15 is 0 Å². The van der Waals surface area contributed by atoms with Crippen molar-refractivity contribution in [3.8, 4) is 0 Å². The van der Waals surface area contributed by atoms with Gasteiger partial charge in [-0.3, -0.25) is 0 Å². The number of aryl methyl sites for hydroxylation is 1. The summed E-state index contributed by atoms with van der Waals surface area (Å²) in [6.07, 6.45) is 1.48. The van der Waals surface area contributed by atoms with E-state index in [1.807, 2.05) is 38.1 Å². The van der Waals surface area contributed by atoms with Crippen LogP contribution >= 0.6 is 0 Å². The maximum Gasteiger partial charge on any atom is 0.159 e. The average Bonchev–Trinajstić information content (AvgIpc) is 2.46. The van der Waals surface area contributed by atoms with E-state index in [1.165, 1.54) is 6.33 Å². The van der Waals surface area contributed by atoms with Crippen molar-refractivity contribution in [3.63, 3.8) is 0 Å². The van der Waals surface area contributed by atoms with Crippen molar-refractivity contribution in [1.82, 2.24) is 9.97 Å². The zero-order chi connectivity index (χ0) is 15.2. The van der Waals surface area contributed by atoms with Crippen LogP contribution in [0.5, 0.6) is 0 Å². The molecule has 0 spiro atoms. The van der Waals surface area contributed by atoms with Gasteiger partial charge in [0.05, 0.1) is 6.61 Å². The van der Waals surface area contributed by atoms with E-state index in [9.17, 15) is 0 Å². The molecule has 4 N–H and O–H groups in total.